The molecule has 0 radical (unpaired) electrons. The number of fused-ring (bicyclic) bond motifs is 4. The predicted octanol–water partition coefficient (Wildman–Crippen LogP) is 7.94. The van der Waals surface area contributed by atoms with E-state index in [0.29, 0.717) is 44.5 Å². The highest BCUT2D eigenvalue weighted by Crippen LogP contribution is 2.68. The van der Waals surface area contributed by atoms with Crippen molar-refractivity contribution in [3.05, 3.63) is 64.7 Å². The molecule has 48 heavy (non-hydrogen) atoms. The highest BCUT2D eigenvalue weighted by atomic mass is 32.1. The van der Waals surface area contributed by atoms with Gasteiger partial charge in [0.15, 0.2) is 12.1 Å². The van der Waals surface area contributed by atoms with Crippen LogP contribution in [0.1, 0.15) is 103 Å². The van der Waals surface area contributed by atoms with Gasteiger partial charge < -0.3 is 29.2 Å². The average Bonchev–Trinajstić information content (AvgIpc) is 3.71. The third kappa shape index (κ3) is 5.77. The van der Waals surface area contributed by atoms with Crippen molar-refractivity contribution in [1.82, 2.24) is 4.98 Å². The van der Waals surface area contributed by atoms with Crippen molar-refractivity contribution in [3.63, 3.8) is 0 Å². The second kappa shape index (κ2) is 12.4. The molecule has 1 aromatic heterocycles. The van der Waals surface area contributed by atoms with Crippen LogP contribution in [-0.4, -0.2) is 64.9 Å². The summed E-state index contributed by atoms with van der Waals surface area (Å²) in [6.45, 7) is 9.20. The van der Waals surface area contributed by atoms with Gasteiger partial charge in [-0.15, -0.1) is 11.3 Å². The minimum Gasteiger partial charge on any atom is -0.385 e. The zero-order chi connectivity index (χ0) is 33.2. The van der Waals surface area contributed by atoms with E-state index in [-0.39, 0.29) is 23.0 Å². The first kappa shape index (κ1) is 33.2. The summed E-state index contributed by atoms with van der Waals surface area (Å²) in [5.41, 5.74) is 2.85. The van der Waals surface area contributed by atoms with Gasteiger partial charge in [0.2, 0.25) is 0 Å². The molecule has 8 rings (SSSR count). The largest absolute Gasteiger partial charge is 0.385 e. The summed E-state index contributed by atoms with van der Waals surface area (Å²) in [7, 11) is 0. The zero-order valence-electron chi connectivity index (χ0n) is 28.9. The van der Waals surface area contributed by atoms with Crippen LogP contribution in [0.5, 0.6) is 0 Å². The molecule has 8 heteroatoms. The molecule has 1 aromatic carbocycles. The fourth-order valence-corrected chi connectivity index (χ4v) is 11.0. The van der Waals surface area contributed by atoms with Gasteiger partial charge in [-0.1, -0.05) is 62.8 Å². The summed E-state index contributed by atoms with van der Waals surface area (Å²) in [6.07, 6.45) is 15.2. The summed E-state index contributed by atoms with van der Waals surface area (Å²) in [5, 5.41) is 28.1. The van der Waals surface area contributed by atoms with E-state index < -0.39 is 17.0 Å². The topological polar surface area (TPSA) is 90.3 Å². The van der Waals surface area contributed by atoms with Gasteiger partial charge in [-0.2, -0.15) is 0 Å². The van der Waals surface area contributed by atoms with Gasteiger partial charge in [-0.05, 0) is 80.8 Å². The lowest BCUT2D eigenvalue weighted by Crippen LogP contribution is -2.58. The molecule has 0 bridgehead atoms. The highest BCUT2D eigenvalue weighted by molar-refractivity contribution is 7.13. The minimum atomic E-state index is -0.939. The Morgan fingerprint density at radius 3 is 2.54 bits per heavy atom. The standard InChI is InChI=1S/C40H53NO6S/c1-36(2)25-46-40(47-26-36)18-14-32-34-29(12-16-38(32,42)24-40)31-13-17-39(43,15-6-21-45-33-7-4-5-20-44-33)37(31,3)23-30(34)27-8-10-28(11-9-27)35-41-19-22-48-35/h6,8-11,15,19,22,29-31,33,42-43H,4-5,7,12-14,16-18,20-21,23-26H2,1-3H3/b15-6-/t29-,30+,31-,33?,37-,38+,39-/m0/s1. The maximum absolute atomic E-state index is 12.6. The molecule has 2 N–H and O–H groups in total. The number of nitrogens with zero attached hydrogens (tertiary/aromatic N) is 1. The first-order chi connectivity index (χ1) is 23.0. The number of allylic oxidation sites excluding steroid dienone is 1. The van der Waals surface area contributed by atoms with Crippen LogP contribution in [0.2, 0.25) is 0 Å². The molecule has 2 aromatic rings. The summed E-state index contributed by atoms with van der Waals surface area (Å²) in [5.74, 6) is 0.0531. The lowest BCUT2D eigenvalue weighted by molar-refractivity contribution is -0.322. The van der Waals surface area contributed by atoms with Crippen LogP contribution in [0.4, 0.5) is 0 Å². The lowest BCUT2D eigenvalue weighted by atomic mass is 9.49. The van der Waals surface area contributed by atoms with Gasteiger partial charge in [0.05, 0.1) is 31.0 Å². The molecule has 3 saturated carbocycles. The molecule has 0 amide bonds. The smallest absolute Gasteiger partial charge is 0.171 e. The maximum Gasteiger partial charge on any atom is 0.171 e. The zero-order valence-corrected chi connectivity index (χ0v) is 29.7. The predicted molar refractivity (Wildman–Crippen MR) is 186 cm³/mol. The molecule has 4 aliphatic carbocycles. The molecular formula is C40H53NO6S. The van der Waals surface area contributed by atoms with Crippen LogP contribution >= 0.6 is 11.3 Å². The van der Waals surface area contributed by atoms with Gasteiger partial charge in [0, 0.05) is 53.3 Å². The summed E-state index contributed by atoms with van der Waals surface area (Å²) in [6, 6.07) is 8.94. The molecule has 3 heterocycles. The number of aromatic nitrogens is 1. The molecule has 1 spiro atoms. The molecule has 6 aliphatic rings. The van der Waals surface area contributed by atoms with Crippen molar-refractivity contribution in [2.45, 2.75) is 121 Å². The molecule has 7 nitrogen and oxygen atoms in total. The van der Waals surface area contributed by atoms with Crippen molar-refractivity contribution < 1.29 is 29.2 Å². The van der Waals surface area contributed by atoms with E-state index in [1.165, 1.54) is 16.7 Å². The van der Waals surface area contributed by atoms with Crippen molar-refractivity contribution >= 4 is 11.3 Å². The number of ether oxygens (including phenoxy) is 4. The Morgan fingerprint density at radius 1 is 1.00 bits per heavy atom. The Bertz CT molecular complexity index is 1520. The van der Waals surface area contributed by atoms with Crippen molar-refractivity contribution in [3.8, 4) is 10.6 Å². The number of rotatable bonds is 6. The van der Waals surface area contributed by atoms with E-state index in [1.807, 2.05) is 17.7 Å². The fraction of sp³-hybridized carbons (Fsp3) is 0.675. The third-order valence-corrected chi connectivity index (χ3v) is 13.8. The number of thiazole rings is 1. The van der Waals surface area contributed by atoms with Crippen LogP contribution in [0.25, 0.3) is 10.6 Å². The van der Waals surface area contributed by atoms with Crippen molar-refractivity contribution in [1.29, 1.82) is 0 Å². The molecule has 2 saturated heterocycles. The Kier molecular flexibility index (Phi) is 8.59. The first-order valence-electron chi connectivity index (χ1n) is 18.4. The molecule has 7 atom stereocenters. The van der Waals surface area contributed by atoms with E-state index in [2.05, 4.69) is 56.1 Å². The van der Waals surface area contributed by atoms with Crippen LogP contribution in [-0.2, 0) is 18.9 Å². The average molecular weight is 676 g/mol. The van der Waals surface area contributed by atoms with Crippen LogP contribution in [0.3, 0.4) is 0 Å². The Hall–Kier alpha value is -1.91. The Morgan fingerprint density at radius 2 is 1.81 bits per heavy atom. The molecule has 2 aliphatic heterocycles. The SMILES string of the molecule is CC1(C)COC2(CCC3=C4[C@@H](CC[C@@]3(O)C2)[C@@H]2CC[C@@](O)(/C=C\COC3CCCCO3)[C@@]2(C)C[C@@H]4c2ccc(-c3nccs3)cc2)OC1. The van der Waals surface area contributed by atoms with Gasteiger partial charge in [0.1, 0.15) is 5.01 Å². The molecule has 260 valence electrons. The van der Waals surface area contributed by atoms with Gasteiger partial charge in [-0.3, -0.25) is 0 Å². The third-order valence-electron chi connectivity index (χ3n) is 13.0. The number of benzene rings is 1. The number of hydrogen-bond acceptors (Lipinski definition) is 8. The first-order valence-corrected chi connectivity index (χ1v) is 19.3. The quantitative estimate of drug-likeness (QED) is 0.301. The molecule has 1 unspecified atom stereocenters. The van der Waals surface area contributed by atoms with Gasteiger partial charge in [-0.25, -0.2) is 4.98 Å². The molecular weight excluding hydrogens is 623 g/mol. The van der Waals surface area contributed by atoms with Crippen molar-refractivity contribution in [2.75, 3.05) is 26.4 Å². The summed E-state index contributed by atoms with van der Waals surface area (Å²) >= 11 is 1.65. The normalized spacial score (nSPS) is 38.9. The van der Waals surface area contributed by atoms with Crippen LogP contribution in [0, 0.1) is 22.7 Å². The van der Waals surface area contributed by atoms with E-state index in [1.54, 1.807) is 11.3 Å². The summed E-state index contributed by atoms with van der Waals surface area (Å²) in [4.78, 5) is 4.54. The Balaban J connectivity index is 1.13. The monoisotopic (exact) mass is 675 g/mol. The van der Waals surface area contributed by atoms with Crippen LogP contribution in [0.15, 0.2) is 59.1 Å². The second-order valence-corrected chi connectivity index (χ2v) is 17.6. The van der Waals surface area contributed by atoms with E-state index in [0.717, 1.165) is 75.0 Å². The van der Waals surface area contributed by atoms with Gasteiger partial charge >= 0.3 is 0 Å². The highest BCUT2D eigenvalue weighted by Gasteiger charge is 2.64. The van der Waals surface area contributed by atoms with Crippen molar-refractivity contribution in [2.24, 2.45) is 22.7 Å². The Labute approximate surface area is 289 Å². The maximum atomic E-state index is 12.6. The minimum absolute atomic E-state index is 0.0164. The van der Waals surface area contributed by atoms with Crippen LogP contribution < -0.4 is 0 Å². The van der Waals surface area contributed by atoms with E-state index in [4.69, 9.17) is 18.9 Å². The summed E-state index contributed by atoms with van der Waals surface area (Å²) < 4.78 is 24.7. The van der Waals surface area contributed by atoms with E-state index >= 15 is 0 Å². The fourth-order valence-electron chi connectivity index (χ4n) is 10.3. The number of aliphatic hydroxyl groups is 2. The lowest BCUT2D eigenvalue weighted by Gasteiger charge is -2.58. The van der Waals surface area contributed by atoms with Gasteiger partial charge in [0.25, 0.3) is 0 Å². The molecule has 5 fully saturated rings. The van der Waals surface area contributed by atoms with E-state index in [9.17, 15) is 10.2 Å². The number of hydrogen-bond donors (Lipinski definition) is 2. The second-order valence-electron chi connectivity index (χ2n) is 16.7.